The van der Waals surface area contributed by atoms with E-state index in [0.29, 0.717) is 18.1 Å². The minimum absolute atomic E-state index is 0.423. The second kappa shape index (κ2) is 7.68. The fraction of sp³-hybridized carbons (Fsp3) is 0.429. The number of carbonyl (C=O) groups excluding carboxylic acids is 1. The molecule has 1 amide bonds. The van der Waals surface area contributed by atoms with E-state index in [0.717, 1.165) is 25.0 Å². The molecule has 1 heterocycles. The zero-order valence-electron chi connectivity index (χ0n) is 15.0. The Hall–Kier alpha value is -2.36. The summed E-state index contributed by atoms with van der Waals surface area (Å²) in [4.78, 5) is 16.0. The average molecular weight is 338 g/mol. The summed E-state index contributed by atoms with van der Waals surface area (Å²) in [5, 5.41) is 0. The van der Waals surface area contributed by atoms with Crippen LogP contribution >= 0.6 is 0 Å². The number of nitrogens with zero attached hydrogens (tertiary/aromatic N) is 1. The number of amides is 1. The van der Waals surface area contributed by atoms with Crippen molar-refractivity contribution in [3.8, 4) is 5.75 Å². The highest BCUT2D eigenvalue weighted by Crippen LogP contribution is 2.26. The molecule has 25 heavy (non-hydrogen) atoms. The van der Waals surface area contributed by atoms with E-state index >= 15 is 0 Å². The van der Waals surface area contributed by atoms with Gasteiger partial charge in [-0.1, -0.05) is 13.8 Å². The molecule has 0 aliphatic heterocycles. The Balaban J connectivity index is 1.79. The highest BCUT2D eigenvalue weighted by Gasteiger charge is 2.17. The molecule has 0 bridgehead atoms. The Morgan fingerprint density at radius 1 is 1.20 bits per heavy atom. The van der Waals surface area contributed by atoms with E-state index in [4.69, 9.17) is 15.5 Å². The third kappa shape index (κ3) is 4.38. The van der Waals surface area contributed by atoms with Crippen LogP contribution in [0.2, 0.25) is 0 Å². The summed E-state index contributed by atoms with van der Waals surface area (Å²) in [7, 11) is 0. The largest absolute Gasteiger partial charge is 0.489 e. The van der Waals surface area contributed by atoms with E-state index in [-0.39, 0.29) is 0 Å². The van der Waals surface area contributed by atoms with Gasteiger partial charge in [-0.15, -0.1) is 0 Å². The number of pyridine rings is 1. The van der Waals surface area contributed by atoms with Gasteiger partial charge in [0.05, 0.1) is 0 Å². The summed E-state index contributed by atoms with van der Waals surface area (Å²) in [6, 6.07) is 9.20. The lowest BCUT2D eigenvalue weighted by molar-refractivity contribution is 0.1000. The molecule has 0 radical (unpaired) electrons. The van der Waals surface area contributed by atoms with Crippen LogP contribution in [0.15, 0.2) is 30.3 Å². The minimum atomic E-state index is -0.423. The van der Waals surface area contributed by atoms with Crippen molar-refractivity contribution in [2.24, 2.45) is 11.7 Å². The Kier molecular flexibility index (Phi) is 5.37. The minimum Gasteiger partial charge on any atom is -0.489 e. The van der Waals surface area contributed by atoms with Gasteiger partial charge in [-0.3, -0.25) is 9.78 Å². The summed E-state index contributed by atoms with van der Waals surface area (Å²) in [6.45, 7) is 4.97. The van der Waals surface area contributed by atoms with Gasteiger partial charge in [0.2, 0.25) is 5.91 Å². The van der Waals surface area contributed by atoms with E-state index in [9.17, 15) is 4.79 Å². The van der Waals surface area contributed by atoms with Gasteiger partial charge in [-0.05, 0) is 79.5 Å². The number of fused-ring (bicyclic) bond motifs is 1. The summed E-state index contributed by atoms with van der Waals surface area (Å²) < 4.78 is 5.97. The molecule has 0 atom stereocenters. The van der Waals surface area contributed by atoms with Crippen molar-refractivity contribution >= 4 is 5.91 Å². The number of hydrogen-bond donors (Lipinski definition) is 1. The molecule has 132 valence electrons. The van der Waals surface area contributed by atoms with E-state index in [1.54, 1.807) is 24.3 Å². The lowest BCUT2D eigenvalue weighted by atomic mass is 9.91. The van der Waals surface area contributed by atoms with Crippen molar-refractivity contribution in [3.05, 3.63) is 58.4 Å². The quantitative estimate of drug-likeness (QED) is 0.870. The van der Waals surface area contributed by atoms with Gasteiger partial charge >= 0.3 is 0 Å². The zero-order chi connectivity index (χ0) is 17.8. The number of primary amides is 1. The molecule has 0 unspecified atom stereocenters. The third-order valence-electron chi connectivity index (χ3n) is 4.60. The summed E-state index contributed by atoms with van der Waals surface area (Å²) >= 11 is 0. The van der Waals surface area contributed by atoms with Gasteiger partial charge < -0.3 is 10.5 Å². The van der Waals surface area contributed by atoms with Crippen LogP contribution in [0.3, 0.4) is 0 Å². The maximum Gasteiger partial charge on any atom is 0.248 e. The molecular formula is C21H26N2O2. The van der Waals surface area contributed by atoms with Gasteiger partial charge in [0, 0.05) is 17.0 Å². The van der Waals surface area contributed by atoms with Gasteiger partial charge in [0.1, 0.15) is 12.4 Å². The number of aromatic nitrogens is 1. The first-order chi connectivity index (χ1) is 12.0. The zero-order valence-corrected chi connectivity index (χ0v) is 15.0. The second-order valence-corrected chi connectivity index (χ2v) is 7.18. The van der Waals surface area contributed by atoms with Crippen LogP contribution in [0, 0.1) is 5.92 Å². The van der Waals surface area contributed by atoms with Gasteiger partial charge in [0.15, 0.2) is 0 Å². The standard InChI is InChI=1S/C21H26N2O2/c1-14(2)11-17-12-16(19-5-3-4-6-20(19)23-17)13-25-18-9-7-15(8-10-18)21(22)24/h7-10,12,14H,3-6,11,13H2,1-2H3,(H2,22,24). The third-order valence-corrected chi connectivity index (χ3v) is 4.60. The highest BCUT2D eigenvalue weighted by atomic mass is 16.5. The van der Waals surface area contributed by atoms with Gasteiger partial charge in [-0.25, -0.2) is 0 Å². The number of ether oxygens (including phenoxy) is 1. The molecular weight excluding hydrogens is 312 g/mol. The first kappa shape index (κ1) is 17.5. The maximum absolute atomic E-state index is 11.2. The molecule has 3 rings (SSSR count). The lowest BCUT2D eigenvalue weighted by Crippen LogP contribution is -2.13. The Bertz CT molecular complexity index is 751. The normalized spacial score (nSPS) is 13.6. The number of hydrogen-bond acceptors (Lipinski definition) is 3. The van der Waals surface area contributed by atoms with Crippen molar-refractivity contribution < 1.29 is 9.53 Å². The Morgan fingerprint density at radius 3 is 2.60 bits per heavy atom. The van der Waals surface area contributed by atoms with Crippen molar-refractivity contribution in [1.29, 1.82) is 0 Å². The fourth-order valence-corrected chi connectivity index (χ4v) is 3.38. The van der Waals surface area contributed by atoms with E-state index in [1.807, 2.05) is 0 Å². The molecule has 1 aromatic heterocycles. The first-order valence-corrected chi connectivity index (χ1v) is 9.06. The molecule has 4 nitrogen and oxygen atoms in total. The van der Waals surface area contributed by atoms with Crippen molar-refractivity contribution in [2.45, 2.75) is 52.6 Å². The molecule has 0 fully saturated rings. The smallest absolute Gasteiger partial charge is 0.248 e. The van der Waals surface area contributed by atoms with Crippen LogP contribution in [0.25, 0.3) is 0 Å². The summed E-state index contributed by atoms with van der Waals surface area (Å²) in [5.41, 5.74) is 10.8. The molecule has 2 aromatic rings. The van der Waals surface area contributed by atoms with E-state index in [2.05, 4.69) is 19.9 Å². The number of benzene rings is 1. The number of nitrogens with two attached hydrogens (primary N) is 1. The molecule has 0 saturated heterocycles. The molecule has 1 aliphatic rings. The van der Waals surface area contributed by atoms with Crippen LogP contribution in [-0.4, -0.2) is 10.9 Å². The van der Waals surface area contributed by atoms with Crippen LogP contribution in [0.1, 0.15) is 59.6 Å². The highest BCUT2D eigenvalue weighted by molar-refractivity contribution is 5.92. The fourth-order valence-electron chi connectivity index (χ4n) is 3.38. The average Bonchev–Trinajstić information content (AvgIpc) is 2.59. The lowest BCUT2D eigenvalue weighted by Gasteiger charge is -2.21. The van der Waals surface area contributed by atoms with Gasteiger partial charge in [0.25, 0.3) is 0 Å². The molecule has 1 aromatic carbocycles. The predicted molar refractivity (Wildman–Crippen MR) is 98.7 cm³/mol. The SMILES string of the molecule is CC(C)Cc1cc(COc2ccc(C(N)=O)cc2)c2c(n1)CCCC2. The van der Waals surface area contributed by atoms with Crippen LogP contribution < -0.4 is 10.5 Å². The maximum atomic E-state index is 11.2. The molecule has 2 N–H and O–H groups in total. The topological polar surface area (TPSA) is 65.2 Å². The predicted octanol–water partition coefficient (Wildman–Crippen LogP) is 3.84. The van der Waals surface area contributed by atoms with E-state index < -0.39 is 5.91 Å². The monoisotopic (exact) mass is 338 g/mol. The number of carbonyl (C=O) groups is 1. The van der Waals surface area contributed by atoms with Crippen LogP contribution in [0.4, 0.5) is 0 Å². The second-order valence-electron chi connectivity index (χ2n) is 7.18. The molecule has 1 aliphatic carbocycles. The number of aryl methyl sites for hydroxylation is 1. The van der Waals surface area contributed by atoms with Crippen LogP contribution in [-0.2, 0) is 25.9 Å². The summed E-state index contributed by atoms with van der Waals surface area (Å²) in [6.07, 6.45) is 5.59. The Morgan fingerprint density at radius 2 is 1.92 bits per heavy atom. The Labute approximate surface area is 149 Å². The van der Waals surface area contributed by atoms with Crippen LogP contribution in [0.5, 0.6) is 5.75 Å². The van der Waals surface area contributed by atoms with E-state index in [1.165, 1.54) is 35.4 Å². The summed E-state index contributed by atoms with van der Waals surface area (Å²) in [5.74, 6) is 0.911. The van der Waals surface area contributed by atoms with Crippen molar-refractivity contribution in [2.75, 3.05) is 0 Å². The molecule has 0 saturated carbocycles. The number of rotatable bonds is 6. The molecule has 0 spiro atoms. The first-order valence-electron chi connectivity index (χ1n) is 9.06. The molecule has 4 heteroatoms. The van der Waals surface area contributed by atoms with Crippen molar-refractivity contribution in [3.63, 3.8) is 0 Å². The van der Waals surface area contributed by atoms with Gasteiger partial charge in [-0.2, -0.15) is 0 Å². The van der Waals surface area contributed by atoms with Crippen molar-refractivity contribution in [1.82, 2.24) is 4.98 Å².